The Morgan fingerprint density at radius 1 is 1.12 bits per heavy atom. The number of benzene rings is 2. The van der Waals surface area contributed by atoms with Crippen LogP contribution in [-0.2, 0) is 0 Å². The van der Waals surface area contributed by atoms with Crippen molar-refractivity contribution < 1.29 is 4.79 Å². The van der Waals surface area contributed by atoms with Crippen molar-refractivity contribution in [3.05, 3.63) is 77.3 Å². The van der Waals surface area contributed by atoms with Crippen LogP contribution < -0.4 is 5.43 Å². The molecule has 0 radical (unpaired) electrons. The van der Waals surface area contributed by atoms with Crippen molar-refractivity contribution in [1.82, 2.24) is 15.6 Å². The first-order valence-electron chi connectivity index (χ1n) is 7.72. The zero-order valence-corrected chi connectivity index (χ0v) is 14.0. The van der Waals surface area contributed by atoms with Gasteiger partial charge in [0.2, 0.25) is 0 Å². The molecule has 0 saturated heterocycles. The fourth-order valence-corrected chi connectivity index (χ4v) is 3.27. The molecule has 2 heterocycles. The molecule has 2 aromatic heterocycles. The standard InChI is InChI=1S/C19H14N4OS/c24-19(17-11-16(21-22-17)18-9-4-10-25-18)23-20-12-14-7-3-6-13-5-1-2-8-15(13)14/h1-12H,(H,21,22)(H,23,24)/b20-12+. The summed E-state index contributed by atoms with van der Waals surface area (Å²) in [6.07, 6.45) is 1.65. The van der Waals surface area contributed by atoms with Gasteiger partial charge in [0.05, 0.1) is 16.8 Å². The predicted molar refractivity (Wildman–Crippen MR) is 101 cm³/mol. The van der Waals surface area contributed by atoms with Crippen molar-refractivity contribution in [2.45, 2.75) is 0 Å². The monoisotopic (exact) mass is 346 g/mol. The number of rotatable bonds is 4. The lowest BCUT2D eigenvalue weighted by atomic mass is 10.1. The van der Waals surface area contributed by atoms with Gasteiger partial charge in [-0.05, 0) is 28.3 Å². The fraction of sp³-hybridized carbons (Fsp3) is 0. The highest BCUT2D eigenvalue weighted by atomic mass is 32.1. The quantitative estimate of drug-likeness (QED) is 0.432. The molecule has 122 valence electrons. The molecule has 4 aromatic rings. The second-order valence-corrected chi connectivity index (χ2v) is 6.36. The number of hydrazone groups is 1. The van der Waals surface area contributed by atoms with Gasteiger partial charge in [-0.3, -0.25) is 9.89 Å². The SMILES string of the molecule is O=C(N/N=C/c1cccc2ccccc12)c1cc(-c2cccs2)[nH]n1. The molecule has 0 saturated carbocycles. The number of hydrogen-bond donors (Lipinski definition) is 2. The van der Waals surface area contributed by atoms with E-state index in [0.29, 0.717) is 5.69 Å². The Kier molecular flexibility index (Phi) is 4.10. The number of nitrogens with one attached hydrogen (secondary N) is 2. The molecule has 0 atom stereocenters. The van der Waals surface area contributed by atoms with Gasteiger partial charge in [-0.15, -0.1) is 11.3 Å². The summed E-state index contributed by atoms with van der Waals surface area (Å²) in [6, 6.07) is 19.7. The number of thiophene rings is 1. The topological polar surface area (TPSA) is 70.1 Å². The smallest absolute Gasteiger partial charge is 0.276 e. The van der Waals surface area contributed by atoms with Gasteiger partial charge in [-0.1, -0.05) is 48.5 Å². The van der Waals surface area contributed by atoms with Crippen LogP contribution in [0.4, 0.5) is 0 Å². The first-order valence-corrected chi connectivity index (χ1v) is 8.60. The Morgan fingerprint density at radius 3 is 2.88 bits per heavy atom. The van der Waals surface area contributed by atoms with Gasteiger partial charge < -0.3 is 0 Å². The third-order valence-corrected chi connectivity index (χ3v) is 4.69. The predicted octanol–water partition coefficient (Wildman–Crippen LogP) is 4.06. The Balaban J connectivity index is 1.49. The molecular formula is C19H14N4OS. The summed E-state index contributed by atoms with van der Waals surface area (Å²) in [7, 11) is 0. The molecule has 2 N–H and O–H groups in total. The lowest BCUT2D eigenvalue weighted by Gasteiger charge is -2.01. The number of H-pyrrole nitrogens is 1. The molecule has 4 rings (SSSR count). The van der Waals surface area contributed by atoms with Crippen LogP contribution in [0.15, 0.2) is 71.1 Å². The Hall–Kier alpha value is -3.25. The van der Waals surface area contributed by atoms with E-state index < -0.39 is 0 Å². The molecule has 2 aromatic carbocycles. The Labute approximate surface area is 148 Å². The van der Waals surface area contributed by atoms with Gasteiger partial charge >= 0.3 is 0 Å². The maximum atomic E-state index is 12.2. The van der Waals surface area contributed by atoms with E-state index in [1.165, 1.54) is 0 Å². The summed E-state index contributed by atoms with van der Waals surface area (Å²) in [5, 5.41) is 15.2. The molecule has 0 aliphatic rings. The second kappa shape index (κ2) is 6.70. The molecule has 0 spiro atoms. The minimum Gasteiger partial charge on any atom is -0.276 e. The number of amides is 1. The average molecular weight is 346 g/mol. The van der Waals surface area contributed by atoms with E-state index in [9.17, 15) is 4.79 Å². The normalized spacial score (nSPS) is 11.2. The van der Waals surface area contributed by atoms with Gasteiger partial charge in [-0.2, -0.15) is 10.2 Å². The summed E-state index contributed by atoms with van der Waals surface area (Å²) in [5.74, 6) is -0.351. The highest BCUT2D eigenvalue weighted by Gasteiger charge is 2.11. The van der Waals surface area contributed by atoms with Gasteiger partial charge in [0.15, 0.2) is 5.69 Å². The van der Waals surface area contributed by atoms with Crippen LogP contribution in [0, 0.1) is 0 Å². The minimum absolute atomic E-state index is 0.304. The zero-order chi connectivity index (χ0) is 17.1. The first kappa shape index (κ1) is 15.3. The van der Waals surface area contributed by atoms with Crippen molar-refractivity contribution in [1.29, 1.82) is 0 Å². The molecule has 5 nitrogen and oxygen atoms in total. The molecule has 6 heteroatoms. The molecule has 0 aliphatic heterocycles. The molecule has 0 fully saturated rings. The second-order valence-electron chi connectivity index (χ2n) is 5.41. The van der Waals surface area contributed by atoms with Crippen LogP contribution in [-0.4, -0.2) is 22.3 Å². The van der Waals surface area contributed by atoms with Crippen molar-refractivity contribution in [3.63, 3.8) is 0 Å². The van der Waals surface area contributed by atoms with E-state index in [-0.39, 0.29) is 5.91 Å². The van der Waals surface area contributed by atoms with E-state index in [1.807, 2.05) is 60.0 Å². The van der Waals surface area contributed by atoms with Gasteiger partial charge in [0.25, 0.3) is 5.91 Å². The van der Waals surface area contributed by atoms with Crippen molar-refractivity contribution >= 4 is 34.2 Å². The van der Waals surface area contributed by atoms with Crippen LogP contribution in [0.2, 0.25) is 0 Å². The molecule has 25 heavy (non-hydrogen) atoms. The summed E-state index contributed by atoms with van der Waals surface area (Å²) >= 11 is 1.58. The average Bonchev–Trinajstić information content (AvgIpc) is 3.33. The van der Waals surface area contributed by atoms with Crippen molar-refractivity contribution in [2.24, 2.45) is 5.10 Å². The fourth-order valence-electron chi connectivity index (χ4n) is 2.58. The first-order chi connectivity index (χ1) is 12.3. The van der Waals surface area contributed by atoms with Crippen LogP contribution in [0.25, 0.3) is 21.3 Å². The lowest BCUT2D eigenvalue weighted by molar-refractivity contribution is 0.0950. The number of carbonyl (C=O) groups excluding carboxylic acids is 1. The van der Waals surface area contributed by atoms with E-state index in [0.717, 1.165) is 26.9 Å². The number of hydrogen-bond acceptors (Lipinski definition) is 4. The van der Waals surface area contributed by atoms with E-state index in [4.69, 9.17) is 0 Å². The lowest BCUT2D eigenvalue weighted by Crippen LogP contribution is -2.18. The van der Waals surface area contributed by atoms with Crippen LogP contribution in [0.5, 0.6) is 0 Å². The van der Waals surface area contributed by atoms with Gasteiger partial charge in [0.1, 0.15) is 0 Å². The Bertz CT molecular complexity index is 1040. The minimum atomic E-state index is -0.351. The van der Waals surface area contributed by atoms with E-state index >= 15 is 0 Å². The maximum absolute atomic E-state index is 12.2. The van der Waals surface area contributed by atoms with E-state index in [1.54, 1.807) is 23.6 Å². The highest BCUT2D eigenvalue weighted by molar-refractivity contribution is 7.13. The van der Waals surface area contributed by atoms with Crippen LogP contribution in [0.3, 0.4) is 0 Å². The summed E-state index contributed by atoms with van der Waals surface area (Å²) in [5.41, 5.74) is 4.59. The number of nitrogens with zero attached hydrogens (tertiary/aromatic N) is 2. The number of fused-ring (bicyclic) bond motifs is 1. The zero-order valence-electron chi connectivity index (χ0n) is 13.1. The highest BCUT2D eigenvalue weighted by Crippen LogP contribution is 2.22. The summed E-state index contributed by atoms with van der Waals surface area (Å²) < 4.78 is 0. The number of carbonyl (C=O) groups is 1. The largest absolute Gasteiger partial charge is 0.291 e. The van der Waals surface area contributed by atoms with Gasteiger partial charge in [-0.25, -0.2) is 5.43 Å². The molecule has 0 aliphatic carbocycles. The summed E-state index contributed by atoms with van der Waals surface area (Å²) in [6.45, 7) is 0. The molecule has 1 amide bonds. The maximum Gasteiger partial charge on any atom is 0.291 e. The third-order valence-electron chi connectivity index (χ3n) is 3.79. The number of aromatic nitrogens is 2. The van der Waals surface area contributed by atoms with E-state index in [2.05, 4.69) is 20.7 Å². The molecular weight excluding hydrogens is 332 g/mol. The van der Waals surface area contributed by atoms with Crippen molar-refractivity contribution in [3.8, 4) is 10.6 Å². The van der Waals surface area contributed by atoms with Crippen LogP contribution >= 0.6 is 11.3 Å². The molecule has 0 bridgehead atoms. The number of aromatic amines is 1. The van der Waals surface area contributed by atoms with Crippen LogP contribution in [0.1, 0.15) is 16.1 Å². The Morgan fingerprint density at radius 2 is 2.00 bits per heavy atom. The van der Waals surface area contributed by atoms with Gasteiger partial charge in [0, 0.05) is 5.56 Å². The molecule has 0 unspecified atom stereocenters. The third kappa shape index (κ3) is 3.20. The summed E-state index contributed by atoms with van der Waals surface area (Å²) in [4.78, 5) is 13.2. The van der Waals surface area contributed by atoms with Crippen molar-refractivity contribution in [2.75, 3.05) is 0 Å².